The summed E-state index contributed by atoms with van der Waals surface area (Å²) in [6, 6.07) is 0. The Bertz CT molecular complexity index is 438. The molecule has 0 aliphatic heterocycles. The highest BCUT2D eigenvalue weighted by Crippen LogP contribution is 2.41. The highest BCUT2D eigenvalue weighted by molar-refractivity contribution is 9.08. The van der Waals surface area contributed by atoms with Crippen molar-refractivity contribution >= 4 is 15.9 Å². The highest BCUT2D eigenvalue weighted by atomic mass is 79.9. The lowest BCUT2D eigenvalue weighted by Crippen LogP contribution is -2.36. The van der Waals surface area contributed by atoms with Crippen LogP contribution in [0.5, 0.6) is 0 Å². The number of ether oxygens (including phenoxy) is 1. The van der Waals surface area contributed by atoms with Crippen LogP contribution in [0.25, 0.3) is 0 Å². The number of alkyl halides is 1. The summed E-state index contributed by atoms with van der Waals surface area (Å²) in [6.45, 7) is 4.43. The van der Waals surface area contributed by atoms with Crippen molar-refractivity contribution in [2.24, 2.45) is 5.92 Å². The molecule has 1 aromatic heterocycles. The van der Waals surface area contributed by atoms with Crippen molar-refractivity contribution in [1.29, 1.82) is 0 Å². The third kappa shape index (κ3) is 3.00. The monoisotopic (exact) mass is 326 g/mol. The predicted octanol–water partition coefficient (Wildman–Crippen LogP) is 3.99. The van der Waals surface area contributed by atoms with Gasteiger partial charge in [-0.05, 0) is 31.6 Å². The fourth-order valence-electron chi connectivity index (χ4n) is 3.06. The number of methoxy groups -OCH3 is 1. The molecule has 0 bridgehead atoms. The van der Waals surface area contributed by atoms with E-state index >= 15 is 0 Å². The van der Waals surface area contributed by atoms with Crippen LogP contribution in [0.4, 0.5) is 0 Å². The first-order valence-electron chi connectivity index (χ1n) is 7.11. The Labute approximate surface area is 124 Å². The van der Waals surface area contributed by atoms with E-state index in [0.717, 1.165) is 36.1 Å². The molecule has 0 aromatic carbocycles. The summed E-state index contributed by atoms with van der Waals surface area (Å²) in [7, 11) is 1.80. The van der Waals surface area contributed by atoms with Gasteiger partial charge in [0.2, 0.25) is 0 Å². The molecule has 3 nitrogen and oxygen atoms in total. The summed E-state index contributed by atoms with van der Waals surface area (Å²) in [5, 5.41) is 0.812. The third-order valence-corrected chi connectivity index (χ3v) is 4.79. The Morgan fingerprint density at radius 1 is 1.53 bits per heavy atom. The minimum Gasteiger partial charge on any atom is -0.370 e. The fourth-order valence-corrected chi connectivity index (χ4v) is 3.53. The van der Waals surface area contributed by atoms with Crippen molar-refractivity contribution in [3.8, 4) is 0 Å². The summed E-state index contributed by atoms with van der Waals surface area (Å²) in [6.07, 6.45) is 7.43. The third-order valence-electron chi connectivity index (χ3n) is 4.19. The highest BCUT2D eigenvalue weighted by Gasteiger charge is 2.39. The molecule has 4 heteroatoms. The lowest BCUT2D eigenvalue weighted by atomic mass is 9.78. The summed E-state index contributed by atoms with van der Waals surface area (Å²) >= 11 is 3.50. The van der Waals surface area contributed by atoms with Crippen molar-refractivity contribution < 1.29 is 4.74 Å². The molecular weight excluding hydrogens is 304 g/mol. The number of hydrogen-bond donors (Lipinski definition) is 0. The van der Waals surface area contributed by atoms with E-state index in [1.807, 2.05) is 6.20 Å². The number of rotatable bonds is 4. The molecule has 2 unspecified atom stereocenters. The molecule has 0 radical (unpaired) electrons. The van der Waals surface area contributed by atoms with Crippen molar-refractivity contribution in [2.75, 3.05) is 7.11 Å². The zero-order chi connectivity index (χ0) is 13.9. The lowest BCUT2D eigenvalue weighted by Gasteiger charge is -2.37. The molecule has 1 aliphatic carbocycles. The Hall–Kier alpha value is -0.480. The number of hydrogen-bond acceptors (Lipinski definition) is 3. The number of nitrogens with zero attached hydrogens (tertiary/aromatic N) is 2. The normalized spacial score (nSPS) is 27.5. The Morgan fingerprint density at radius 3 is 2.89 bits per heavy atom. The molecule has 19 heavy (non-hydrogen) atoms. The van der Waals surface area contributed by atoms with Crippen molar-refractivity contribution in [3.05, 3.63) is 23.3 Å². The predicted molar refractivity (Wildman–Crippen MR) is 80.4 cm³/mol. The molecule has 0 N–H and O–H groups in total. The van der Waals surface area contributed by atoms with Crippen LogP contribution >= 0.6 is 15.9 Å². The minimum atomic E-state index is -0.271. The maximum absolute atomic E-state index is 5.87. The molecular formula is C15H23BrN2O. The molecule has 1 fully saturated rings. The molecule has 2 atom stereocenters. The zero-order valence-electron chi connectivity index (χ0n) is 12.1. The van der Waals surface area contributed by atoms with Gasteiger partial charge in [-0.1, -0.05) is 36.2 Å². The largest absolute Gasteiger partial charge is 0.370 e. The van der Waals surface area contributed by atoms with Crippen LogP contribution in [-0.4, -0.2) is 17.1 Å². The number of aromatic nitrogens is 2. The first kappa shape index (κ1) is 14.9. The van der Waals surface area contributed by atoms with E-state index in [0.29, 0.717) is 5.92 Å². The first-order chi connectivity index (χ1) is 9.15. The zero-order valence-corrected chi connectivity index (χ0v) is 13.7. The van der Waals surface area contributed by atoms with Gasteiger partial charge in [0.05, 0.1) is 0 Å². The standard InChI is InChI=1S/C15H23BrN2O/c1-4-13-12(9-16)10-17-14(18-13)15(19-3)7-5-6-11(2)8-15/h10-11H,4-9H2,1-3H3. The van der Waals surface area contributed by atoms with Gasteiger partial charge in [0.1, 0.15) is 5.60 Å². The molecule has 0 amide bonds. The molecule has 1 aliphatic rings. The van der Waals surface area contributed by atoms with Gasteiger partial charge in [-0.15, -0.1) is 0 Å². The van der Waals surface area contributed by atoms with Gasteiger partial charge < -0.3 is 4.74 Å². The molecule has 106 valence electrons. The second-order valence-corrected chi connectivity index (χ2v) is 6.11. The van der Waals surface area contributed by atoms with Crippen LogP contribution in [0.1, 0.15) is 56.6 Å². The van der Waals surface area contributed by atoms with E-state index in [1.54, 1.807) is 7.11 Å². The fraction of sp³-hybridized carbons (Fsp3) is 0.733. The van der Waals surface area contributed by atoms with Crippen molar-refractivity contribution in [1.82, 2.24) is 9.97 Å². The van der Waals surface area contributed by atoms with Crippen LogP contribution < -0.4 is 0 Å². The van der Waals surface area contributed by atoms with E-state index < -0.39 is 0 Å². The average Bonchev–Trinajstić information content (AvgIpc) is 2.46. The van der Waals surface area contributed by atoms with E-state index in [1.165, 1.54) is 18.4 Å². The average molecular weight is 327 g/mol. The summed E-state index contributed by atoms with van der Waals surface area (Å²) in [4.78, 5) is 9.39. The Balaban J connectivity index is 2.37. The van der Waals surface area contributed by atoms with Gasteiger partial charge in [-0.25, -0.2) is 9.97 Å². The van der Waals surface area contributed by atoms with Crippen molar-refractivity contribution in [3.63, 3.8) is 0 Å². The molecule has 1 saturated carbocycles. The van der Waals surface area contributed by atoms with E-state index in [2.05, 4.69) is 34.8 Å². The van der Waals surface area contributed by atoms with Crippen LogP contribution in [0.2, 0.25) is 0 Å². The molecule has 1 heterocycles. The first-order valence-corrected chi connectivity index (χ1v) is 8.23. The molecule has 1 aromatic rings. The number of halogens is 1. The van der Waals surface area contributed by atoms with Gasteiger partial charge >= 0.3 is 0 Å². The van der Waals surface area contributed by atoms with Crippen LogP contribution in [0, 0.1) is 5.92 Å². The molecule has 0 saturated heterocycles. The lowest BCUT2D eigenvalue weighted by molar-refractivity contribution is -0.0647. The summed E-state index contributed by atoms with van der Waals surface area (Å²) in [5.74, 6) is 1.56. The topological polar surface area (TPSA) is 35.0 Å². The van der Waals surface area contributed by atoms with Gasteiger partial charge in [0.25, 0.3) is 0 Å². The SMILES string of the molecule is CCc1nc(C2(OC)CCCC(C)C2)ncc1CBr. The summed E-state index contributed by atoms with van der Waals surface area (Å²) in [5.41, 5.74) is 2.05. The van der Waals surface area contributed by atoms with Crippen LogP contribution in [-0.2, 0) is 22.1 Å². The summed E-state index contributed by atoms with van der Waals surface area (Å²) < 4.78 is 5.87. The Morgan fingerprint density at radius 2 is 2.32 bits per heavy atom. The second kappa shape index (κ2) is 6.31. The smallest absolute Gasteiger partial charge is 0.160 e. The van der Waals surface area contributed by atoms with E-state index in [-0.39, 0.29) is 5.60 Å². The minimum absolute atomic E-state index is 0.271. The maximum Gasteiger partial charge on any atom is 0.160 e. The van der Waals surface area contributed by atoms with Gasteiger partial charge in [-0.3, -0.25) is 0 Å². The second-order valence-electron chi connectivity index (χ2n) is 5.55. The quantitative estimate of drug-likeness (QED) is 0.785. The number of aryl methyl sites for hydroxylation is 1. The van der Waals surface area contributed by atoms with E-state index in [9.17, 15) is 0 Å². The van der Waals surface area contributed by atoms with Crippen LogP contribution in [0.3, 0.4) is 0 Å². The maximum atomic E-state index is 5.87. The van der Waals surface area contributed by atoms with Crippen molar-refractivity contribution in [2.45, 2.75) is 56.9 Å². The molecule has 2 rings (SSSR count). The van der Waals surface area contributed by atoms with Crippen LogP contribution in [0.15, 0.2) is 6.20 Å². The van der Waals surface area contributed by atoms with Gasteiger partial charge in [-0.2, -0.15) is 0 Å². The molecule has 0 spiro atoms. The Kier molecular flexibility index (Phi) is 4.96. The van der Waals surface area contributed by atoms with Gasteiger partial charge in [0, 0.05) is 29.9 Å². The van der Waals surface area contributed by atoms with E-state index in [4.69, 9.17) is 9.72 Å². The van der Waals surface area contributed by atoms with Gasteiger partial charge in [0.15, 0.2) is 5.82 Å².